The number of hydrogen-bond donors (Lipinski definition) is 0. The van der Waals surface area contributed by atoms with Crippen molar-refractivity contribution in [3.05, 3.63) is 230 Å². The summed E-state index contributed by atoms with van der Waals surface area (Å²) in [5.41, 5.74) is 11.2. The summed E-state index contributed by atoms with van der Waals surface area (Å²) in [5.74, 6) is 0.670. The van der Waals surface area contributed by atoms with Crippen molar-refractivity contribution in [3.8, 4) is 22.5 Å². The molecule has 63 heavy (non-hydrogen) atoms. The summed E-state index contributed by atoms with van der Waals surface area (Å²) in [5, 5.41) is 10.7. The predicted octanol–water partition coefficient (Wildman–Crippen LogP) is 13.0. The molecule has 2 nitrogen and oxygen atoms in total. The number of benzene rings is 9. The number of hydrogen-bond acceptors (Lipinski definition) is 0. The molecular weight excluding hydrogens is 777 g/mol. The lowest BCUT2D eigenvalue weighted by Crippen LogP contribution is -2.74. The van der Waals surface area contributed by atoms with Crippen molar-refractivity contribution in [3.63, 3.8) is 0 Å². The molecule has 0 radical (unpaired) electrons. The molecule has 1 saturated carbocycles. The molecule has 1 aliphatic carbocycles. The van der Waals surface area contributed by atoms with Gasteiger partial charge in [0.05, 0.1) is 22.1 Å². The van der Waals surface area contributed by atoms with Gasteiger partial charge >= 0.3 is 0 Å². The summed E-state index contributed by atoms with van der Waals surface area (Å²) in [6, 6.07) is 84.4. The second-order valence-corrected chi connectivity index (χ2v) is 21.3. The van der Waals surface area contributed by atoms with Gasteiger partial charge in [-0.3, -0.25) is 0 Å². The second-order valence-electron chi connectivity index (χ2n) is 17.5. The molecule has 0 bridgehead atoms. The minimum Gasteiger partial charge on any atom is -0.309 e. The molecule has 0 saturated heterocycles. The van der Waals surface area contributed by atoms with Gasteiger partial charge in [-0.1, -0.05) is 189 Å². The smallest absolute Gasteiger partial charge is 0.179 e. The van der Waals surface area contributed by atoms with Gasteiger partial charge in [-0.2, -0.15) is 0 Å². The topological polar surface area (TPSA) is 9.86 Å². The van der Waals surface area contributed by atoms with E-state index >= 15 is 0 Å². The van der Waals surface area contributed by atoms with Crippen LogP contribution in [0.5, 0.6) is 0 Å². The molecule has 302 valence electrons. The maximum absolute atomic E-state index is 2.68. The lowest BCUT2D eigenvalue weighted by molar-refractivity contribution is 0.444. The standard InChI is InChI=1S/C60H48N2Si/c1-5-19-43(20-6-1)46-35-37-59-55(41-46)53-31-13-15-33-57(53)62(59)48-36-38-60-56(42-48)54-32-14-16-34-58(54)61(60)47-23-17-21-44(39-47)45-22-18-30-52(40-45)63(49-24-7-2-8-25-49,50-26-9-3-10-27-50)51-28-11-4-12-29-51/h2-4,7-18,21-43H,1,5-6,19-20H2. The molecule has 0 N–H and O–H groups in total. The van der Waals surface area contributed by atoms with E-state index in [4.69, 9.17) is 0 Å². The zero-order valence-electron chi connectivity index (χ0n) is 35.4. The summed E-state index contributed by atoms with van der Waals surface area (Å²) in [4.78, 5) is 0. The van der Waals surface area contributed by atoms with E-state index < -0.39 is 8.07 Å². The Morgan fingerprint density at radius 3 is 1.38 bits per heavy atom. The van der Waals surface area contributed by atoms with Gasteiger partial charge in [-0.05, 0) is 111 Å². The Balaban J connectivity index is 0.996. The Morgan fingerprint density at radius 2 is 0.778 bits per heavy atom. The number of rotatable bonds is 8. The zero-order chi connectivity index (χ0) is 41.7. The largest absolute Gasteiger partial charge is 0.309 e. The molecule has 0 aliphatic heterocycles. The number of para-hydroxylation sites is 2. The Labute approximate surface area is 370 Å². The molecule has 2 aromatic heterocycles. The molecule has 3 heteroatoms. The van der Waals surface area contributed by atoms with Crippen molar-refractivity contribution in [1.29, 1.82) is 0 Å². The fourth-order valence-corrected chi connectivity index (χ4v) is 16.0. The van der Waals surface area contributed by atoms with Crippen LogP contribution in [-0.2, 0) is 0 Å². The summed E-state index contributed by atoms with van der Waals surface area (Å²) in [7, 11) is -2.68. The van der Waals surface area contributed by atoms with Crippen LogP contribution >= 0.6 is 0 Å². The highest BCUT2D eigenvalue weighted by Crippen LogP contribution is 2.40. The number of nitrogens with zero attached hydrogens (tertiary/aromatic N) is 2. The van der Waals surface area contributed by atoms with Crippen LogP contribution in [0.2, 0.25) is 0 Å². The van der Waals surface area contributed by atoms with Crippen molar-refractivity contribution in [2.24, 2.45) is 0 Å². The summed E-state index contributed by atoms with van der Waals surface area (Å²) in [6.45, 7) is 0. The molecule has 0 amide bonds. The van der Waals surface area contributed by atoms with Gasteiger partial charge in [0.2, 0.25) is 0 Å². The fraction of sp³-hybridized carbons (Fsp3) is 0.100. The van der Waals surface area contributed by atoms with Gasteiger partial charge in [-0.25, -0.2) is 0 Å². The van der Waals surface area contributed by atoms with Crippen LogP contribution in [0.15, 0.2) is 224 Å². The van der Waals surface area contributed by atoms with Crippen LogP contribution in [0.25, 0.3) is 66.1 Å². The Bertz CT molecular complexity index is 3330. The minimum atomic E-state index is -2.68. The van der Waals surface area contributed by atoms with Gasteiger partial charge < -0.3 is 9.13 Å². The molecule has 1 fully saturated rings. The average Bonchev–Trinajstić information content (AvgIpc) is 3.88. The minimum absolute atomic E-state index is 0.670. The number of aromatic nitrogens is 2. The Hall–Kier alpha value is -7.20. The van der Waals surface area contributed by atoms with Crippen molar-refractivity contribution >= 4 is 72.4 Å². The van der Waals surface area contributed by atoms with Crippen LogP contribution in [0.1, 0.15) is 43.6 Å². The first kappa shape index (κ1) is 37.5. The highest BCUT2D eigenvalue weighted by molar-refractivity contribution is 7.19. The third-order valence-electron chi connectivity index (χ3n) is 14.0. The molecule has 0 atom stereocenters. The van der Waals surface area contributed by atoms with E-state index in [9.17, 15) is 0 Å². The van der Waals surface area contributed by atoms with E-state index in [1.54, 1.807) is 0 Å². The van der Waals surface area contributed by atoms with Gasteiger partial charge in [0, 0.05) is 32.9 Å². The second kappa shape index (κ2) is 15.6. The van der Waals surface area contributed by atoms with E-state index in [1.807, 2.05) is 0 Å². The van der Waals surface area contributed by atoms with E-state index in [1.165, 1.54) is 119 Å². The molecule has 2 heterocycles. The molecule has 1 aliphatic rings. The van der Waals surface area contributed by atoms with Crippen LogP contribution < -0.4 is 20.7 Å². The molecule has 11 aromatic rings. The van der Waals surface area contributed by atoms with E-state index in [0.29, 0.717) is 5.92 Å². The fourth-order valence-electron chi connectivity index (χ4n) is 11.2. The highest BCUT2D eigenvalue weighted by Gasteiger charge is 2.41. The summed E-state index contributed by atoms with van der Waals surface area (Å²) >= 11 is 0. The van der Waals surface area contributed by atoms with E-state index in [-0.39, 0.29) is 0 Å². The first-order valence-electron chi connectivity index (χ1n) is 22.7. The Kier molecular flexibility index (Phi) is 9.30. The summed E-state index contributed by atoms with van der Waals surface area (Å²) in [6.07, 6.45) is 6.67. The zero-order valence-corrected chi connectivity index (χ0v) is 36.4. The van der Waals surface area contributed by atoms with E-state index in [0.717, 1.165) is 5.69 Å². The Morgan fingerprint density at radius 1 is 0.317 bits per heavy atom. The van der Waals surface area contributed by atoms with Gasteiger partial charge in [-0.15, -0.1) is 0 Å². The summed E-state index contributed by atoms with van der Waals surface area (Å²) < 4.78 is 4.94. The van der Waals surface area contributed by atoms with Gasteiger partial charge in [0.15, 0.2) is 8.07 Å². The lowest BCUT2D eigenvalue weighted by Gasteiger charge is -2.34. The number of fused-ring (bicyclic) bond motifs is 6. The molecule has 12 rings (SSSR count). The highest BCUT2D eigenvalue weighted by atomic mass is 28.3. The quantitative estimate of drug-likeness (QED) is 0.107. The van der Waals surface area contributed by atoms with Crippen LogP contribution in [0.4, 0.5) is 0 Å². The van der Waals surface area contributed by atoms with E-state index in [2.05, 4.69) is 234 Å². The van der Waals surface area contributed by atoms with Crippen molar-refractivity contribution in [2.45, 2.75) is 38.0 Å². The first-order chi connectivity index (χ1) is 31.3. The lowest BCUT2D eigenvalue weighted by atomic mass is 9.84. The SMILES string of the molecule is c1ccc([Si](c2ccccc2)(c2ccccc2)c2cccc(-c3cccc(-n4c5ccccc5c5cc(-n6c7ccccc7c7cc(C8CCCCC8)ccc76)ccc54)c3)c2)cc1. The van der Waals surface area contributed by atoms with Crippen molar-refractivity contribution < 1.29 is 0 Å². The predicted molar refractivity (Wildman–Crippen MR) is 270 cm³/mol. The molecular formula is C60H48N2Si. The van der Waals surface area contributed by atoms with Crippen LogP contribution in [0, 0.1) is 0 Å². The molecule has 0 spiro atoms. The maximum atomic E-state index is 2.50. The van der Waals surface area contributed by atoms with Gasteiger partial charge in [0.1, 0.15) is 0 Å². The third-order valence-corrected chi connectivity index (χ3v) is 18.8. The van der Waals surface area contributed by atoms with Crippen LogP contribution in [-0.4, -0.2) is 17.2 Å². The van der Waals surface area contributed by atoms with Crippen LogP contribution in [0.3, 0.4) is 0 Å². The molecule has 0 unspecified atom stereocenters. The average molecular weight is 825 g/mol. The molecule has 9 aromatic carbocycles. The normalized spacial score (nSPS) is 13.7. The first-order valence-corrected chi connectivity index (χ1v) is 24.7. The third kappa shape index (κ3) is 6.21. The van der Waals surface area contributed by atoms with Crippen molar-refractivity contribution in [2.75, 3.05) is 0 Å². The van der Waals surface area contributed by atoms with Gasteiger partial charge in [0.25, 0.3) is 0 Å². The van der Waals surface area contributed by atoms with Crippen molar-refractivity contribution in [1.82, 2.24) is 9.13 Å². The maximum Gasteiger partial charge on any atom is 0.179 e. The monoisotopic (exact) mass is 824 g/mol.